The van der Waals surface area contributed by atoms with Crippen LogP contribution in [0.1, 0.15) is 32.8 Å². The van der Waals surface area contributed by atoms with Crippen LogP contribution in [0.25, 0.3) is 20.2 Å². The Morgan fingerprint density at radius 3 is 2.21 bits per heavy atom. The number of hydrogen-bond acceptors (Lipinski definition) is 8. The monoisotopic (exact) mass is 471 g/mol. The largest absolute Gasteiger partial charge is 0.508 e. The van der Waals surface area contributed by atoms with Crippen LogP contribution in [0, 0.1) is 0 Å². The number of carbonyl (C=O) groups excluding carboxylic acids is 3. The van der Waals surface area contributed by atoms with Crippen LogP contribution >= 0.6 is 11.3 Å². The number of hydrogen-bond donors (Lipinski definition) is 2. The van der Waals surface area contributed by atoms with Crippen LogP contribution < -0.4 is 10.7 Å². The van der Waals surface area contributed by atoms with Crippen LogP contribution in [-0.4, -0.2) is 41.7 Å². The molecule has 0 spiro atoms. The van der Waals surface area contributed by atoms with E-state index < -0.39 is 17.5 Å². The SMILES string of the molecule is CC(=O)NC(CCc1ccc2sc3cc(O)ccc3c(=O)c2c1)(COC(C)=O)COC(C)=O. The lowest BCUT2D eigenvalue weighted by atomic mass is 9.92. The molecule has 3 aromatic rings. The lowest BCUT2D eigenvalue weighted by Gasteiger charge is -2.33. The van der Waals surface area contributed by atoms with Crippen molar-refractivity contribution >= 4 is 49.4 Å². The molecule has 0 aliphatic heterocycles. The molecule has 0 saturated carbocycles. The van der Waals surface area contributed by atoms with Gasteiger partial charge in [-0.3, -0.25) is 19.2 Å². The van der Waals surface area contributed by atoms with Gasteiger partial charge >= 0.3 is 11.9 Å². The first-order valence-corrected chi connectivity index (χ1v) is 11.1. The van der Waals surface area contributed by atoms with Gasteiger partial charge in [0.05, 0.1) is 0 Å². The minimum atomic E-state index is -1.11. The number of carbonyl (C=O) groups is 3. The number of aromatic hydroxyl groups is 1. The molecule has 0 atom stereocenters. The van der Waals surface area contributed by atoms with E-state index in [1.807, 2.05) is 12.1 Å². The molecule has 2 aromatic carbocycles. The van der Waals surface area contributed by atoms with E-state index in [4.69, 9.17) is 9.47 Å². The van der Waals surface area contributed by atoms with Gasteiger partial charge in [-0.25, -0.2) is 0 Å². The first-order chi connectivity index (χ1) is 15.6. The van der Waals surface area contributed by atoms with Crippen LogP contribution in [0.3, 0.4) is 0 Å². The molecule has 1 aromatic heterocycles. The zero-order valence-corrected chi connectivity index (χ0v) is 19.4. The zero-order chi connectivity index (χ0) is 24.2. The highest BCUT2D eigenvalue weighted by Crippen LogP contribution is 2.28. The Labute approximate surface area is 194 Å². The number of ether oxygens (including phenoxy) is 2. The fourth-order valence-corrected chi connectivity index (χ4v) is 4.69. The second-order valence-corrected chi connectivity index (χ2v) is 9.05. The Balaban J connectivity index is 1.93. The number of phenols is 1. The molecule has 0 saturated heterocycles. The van der Waals surface area contributed by atoms with E-state index in [9.17, 15) is 24.3 Å². The number of amides is 1. The summed E-state index contributed by atoms with van der Waals surface area (Å²) in [5.41, 5.74) is -0.402. The molecule has 33 heavy (non-hydrogen) atoms. The van der Waals surface area contributed by atoms with E-state index in [2.05, 4.69) is 5.32 Å². The maximum Gasteiger partial charge on any atom is 0.302 e. The number of benzene rings is 2. The van der Waals surface area contributed by atoms with Crippen molar-refractivity contribution < 1.29 is 29.0 Å². The van der Waals surface area contributed by atoms with Crippen LogP contribution in [-0.2, 0) is 30.3 Å². The lowest BCUT2D eigenvalue weighted by molar-refractivity contribution is -0.150. The van der Waals surface area contributed by atoms with Gasteiger partial charge in [0, 0.05) is 40.9 Å². The van der Waals surface area contributed by atoms with Crippen molar-refractivity contribution in [1.29, 1.82) is 0 Å². The molecular weight excluding hydrogens is 446 g/mol. The predicted octanol–water partition coefficient (Wildman–Crippen LogP) is 3.05. The number of fused-ring (bicyclic) bond motifs is 2. The highest BCUT2D eigenvalue weighted by atomic mass is 32.1. The molecule has 1 heterocycles. The zero-order valence-electron chi connectivity index (χ0n) is 18.6. The number of phenolic OH excluding ortho intramolecular Hbond substituents is 1. The predicted molar refractivity (Wildman–Crippen MR) is 125 cm³/mol. The third-order valence-corrected chi connectivity index (χ3v) is 6.29. The van der Waals surface area contributed by atoms with Crippen molar-refractivity contribution in [3.63, 3.8) is 0 Å². The van der Waals surface area contributed by atoms with E-state index in [0.717, 1.165) is 10.3 Å². The first kappa shape index (κ1) is 24.2. The molecule has 174 valence electrons. The third-order valence-electron chi connectivity index (χ3n) is 5.16. The van der Waals surface area contributed by atoms with E-state index >= 15 is 0 Å². The molecule has 9 heteroatoms. The molecule has 3 rings (SSSR count). The van der Waals surface area contributed by atoms with Crippen molar-refractivity contribution in [1.82, 2.24) is 5.32 Å². The Hall–Kier alpha value is -3.46. The van der Waals surface area contributed by atoms with Gasteiger partial charge in [0.2, 0.25) is 5.91 Å². The fraction of sp³-hybridized carbons (Fsp3) is 0.333. The van der Waals surface area contributed by atoms with Crippen molar-refractivity contribution in [3.8, 4) is 5.75 Å². The quantitative estimate of drug-likeness (QED) is 0.383. The number of esters is 2. The number of nitrogens with one attached hydrogen (secondary N) is 1. The third kappa shape index (κ3) is 6.07. The molecule has 2 N–H and O–H groups in total. The van der Waals surface area contributed by atoms with E-state index in [1.54, 1.807) is 18.2 Å². The molecule has 0 fully saturated rings. The number of aryl methyl sites for hydroxylation is 1. The maximum atomic E-state index is 13.0. The average Bonchev–Trinajstić information content (AvgIpc) is 2.74. The summed E-state index contributed by atoms with van der Waals surface area (Å²) >= 11 is 1.41. The Kier molecular flexibility index (Phi) is 7.33. The van der Waals surface area contributed by atoms with Gasteiger partial charge in [-0.1, -0.05) is 6.07 Å². The Morgan fingerprint density at radius 1 is 0.939 bits per heavy atom. The number of rotatable bonds is 8. The van der Waals surface area contributed by atoms with Gasteiger partial charge in [0.1, 0.15) is 24.5 Å². The molecule has 1 amide bonds. The van der Waals surface area contributed by atoms with Gasteiger partial charge in [0.25, 0.3) is 0 Å². The molecule has 0 unspecified atom stereocenters. The second kappa shape index (κ2) is 9.99. The average molecular weight is 472 g/mol. The van der Waals surface area contributed by atoms with E-state index in [1.165, 1.54) is 38.2 Å². The van der Waals surface area contributed by atoms with Crippen LogP contribution in [0.4, 0.5) is 0 Å². The summed E-state index contributed by atoms with van der Waals surface area (Å²) < 4.78 is 11.8. The van der Waals surface area contributed by atoms with Gasteiger partial charge in [-0.15, -0.1) is 11.3 Å². The summed E-state index contributed by atoms with van der Waals surface area (Å²) in [5.74, 6) is -1.29. The van der Waals surface area contributed by atoms with Gasteiger partial charge in [-0.05, 0) is 48.7 Å². The van der Waals surface area contributed by atoms with Crippen LogP contribution in [0.2, 0.25) is 0 Å². The van der Waals surface area contributed by atoms with Crippen molar-refractivity contribution in [2.24, 2.45) is 0 Å². The lowest BCUT2D eigenvalue weighted by Crippen LogP contribution is -2.55. The minimum absolute atomic E-state index is 0.101. The van der Waals surface area contributed by atoms with Gasteiger partial charge in [-0.2, -0.15) is 0 Å². The topological polar surface area (TPSA) is 119 Å². The molecule has 0 radical (unpaired) electrons. The molecular formula is C24H25NO7S. The maximum absolute atomic E-state index is 13.0. The summed E-state index contributed by atoms with van der Waals surface area (Å²) in [6.07, 6.45) is 0.730. The van der Waals surface area contributed by atoms with Crippen LogP contribution in [0.15, 0.2) is 41.2 Å². The van der Waals surface area contributed by atoms with Crippen molar-refractivity contribution in [2.45, 2.75) is 39.2 Å². The van der Waals surface area contributed by atoms with E-state index in [0.29, 0.717) is 28.3 Å². The van der Waals surface area contributed by atoms with E-state index in [-0.39, 0.29) is 30.3 Å². The standard InChI is InChI=1S/C24H25NO7S/c1-14(26)25-24(12-31-15(2)27,13-32-16(3)28)9-8-17-4-7-21-20(10-17)23(30)19-6-5-18(29)11-22(19)33-21/h4-7,10-11,29H,8-9,12-13H2,1-3H3,(H,25,26). The van der Waals surface area contributed by atoms with Gasteiger partial charge < -0.3 is 19.9 Å². The molecule has 8 nitrogen and oxygen atoms in total. The van der Waals surface area contributed by atoms with Crippen molar-refractivity contribution in [3.05, 3.63) is 52.2 Å². The molecule has 0 bridgehead atoms. The summed E-state index contributed by atoms with van der Waals surface area (Å²) in [6.45, 7) is 3.53. The fourth-order valence-electron chi connectivity index (χ4n) is 3.60. The summed E-state index contributed by atoms with van der Waals surface area (Å²) in [4.78, 5) is 47.7. The normalized spacial score (nSPS) is 11.4. The second-order valence-electron chi connectivity index (χ2n) is 7.96. The summed E-state index contributed by atoms with van der Waals surface area (Å²) in [5, 5.41) is 13.6. The molecule has 0 aliphatic carbocycles. The summed E-state index contributed by atoms with van der Waals surface area (Å²) in [6, 6.07) is 10.2. The highest BCUT2D eigenvalue weighted by Gasteiger charge is 2.34. The summed E-state index contributed by atoms with van der Waals surface area (Å²) in [7, 11) is 0. The van der Waals surface area contributed by atoms with Crippen molar-refractivity contribution in [2.75, 3.05) is 13.2 Å². The van der Waals surface area contributed by atoms with Crippen LogP contribution in [0.5, 0.6) is 5.75 Å². The minimum Gasteiger partial charge on any atom is -0.508 e. The Morgan fingerprint density at radius 2 is 1.61 bits per heavy atom. The Bertz CT molecular complexity index is 1260. The van der Waals surface area contributed by atoms with Gasteiger partial charge in [0.15, 0.2) is 5.43 Å². The molecule has 0 aliphatic rings. The first-order valence-electron chi connectivity index (χ1n) is 10.3. The highest BCUT2D eigenvalue weighted by molar-refractivity contribution is 7.24. The smallest absolute Gasteiger partial charge is 0.302 e.